The summed E-state index contributed by atoms with van der Waals surface area (Å²) in [6, 6.07) is 3.96. The van der Waals surface area contributed by atoms with Gasteiger partial charge in [-0.25, -0.2) is 4.39 Å². The van der Waals surface area contributed by atoms with E-state index in [2.05, 4.69) is 25.1 Å². The SMILES string of the molecule is C/C=C/CCC1CCC(C2CCC(c3ccc(C4CO4)c(F)c3Cl)CC2)CC1. The lowest BCUT2D eigenvalue weighted by molar-refractivity contribution is 0.157. The van der Waals surface area contributed by atoms with Crippen LogP contribution < -0.4 is 0 Å². The highest BCUT2D eigenvalue weighted by molar-refractivity contribution is 6.31. The van der Waals surface area contributed by atoms with Gasteiger partial charge >= 0.3 is 0 Å². The van der Waals surface area contributed by atoms with E-state index in [-0.39, 0.29) is 11.9 Å². The monoisotopic (exact) mass is 404 g/mol. The van der Waals surface area contributed by atoms with Crippen LogP contribution in [0.4, 0.5) is 4.39 Å². The van der Waals surface area contributed by atoms with Crippen LogP contribution in [0.15, 0.2) is 24.3 Å². The van der Waals surface area contributed by atoms with Crippen LogP contribution in [0.3, 0.4) is 0 Å². The first-order valence-corrected chi connectivity index (χ1v) is 11.8. The van der Waals surface area contributed by atoms with Gasteiger partial charge in [-0.3, -0.25) is 0 Å². The number of rotatable bonds is 6. The average molecular weight is 405 g/mol. The maximum absolute atomic E-state index is 14.6. The van der Waals surface area contributed by atoms with Crippen molar-refractivity contribution >= 4 is 11.6 Å². The zero-order chi connectivity index (χ0) is 19.5. The summed E-state index contributed by atoms with van der Waals surface area (Å²) in [6.45, 7) is 2.74. The normalized spacial score (nSPS) is 33.3. The first-order chi connectivity index (χ1) is 13.7. The molecule has 1 atom stereocenters. The van der Waals surface area contributed by atoms with Crippen LogP contribution in [0.5, 0.6) is 0 Å². The Bertz CT molecular complexity index is 680. The largest absolute Gasteiger partial charge is 0.368 e. The third-order valence-corrected chi connectivity index (χ3v) is 7.95. The van der Waals surface area contributed by atoms with Gasteiger partial charge in [0.2, 0.25) is 0 Å². The second-order valence-corrected chi connectivity index (χ2v) is 9.61. The van der Waals surface area contributed by atoms with E-state index in [1.807, 2.05) is 6.07 Å². The third-order valence-electron chi connectivity index (χ3n) is 7.57. The number of hydrogen-bond acceptors (Lipinski definition) is 1. The van der Waals surface area contributed by atoms with Gasteiger partial charge in [0, 0.05) is 5.56 Å². The van der Waals surface area contributed by atoms with Crippen molar-refractivity contribution in [3.63, 3.8) is 0 Å². The van der Waals surface area contributed by atoms with Crippen molar-refractivity contribution in [2.45, 2.75) is 83.2 Å². The van der Waals surface area contributed by atoms with Crippen molar-refractivity contribution in [1.29, 1.82) is 0 Å². The van der Waals surface area contributed by atoms with Gasteiger partial charge in [-0.1, -0.05) is 48.7 Å². The Morgan fingerprint density at radius 2 is 1.61 bits per heavy atom. The van der Waals surface area contributed by atoms with E-state index >= 15 is 0 Å². The fraction of sp³-hybridized carbons (Fsp3) is 0.680. The van der Waals surface area contributed by atoms with E-state index in [9.17, 15) is 4.39 Å². The van der Waals surface area contributed by atoms with Crippen molar-refractivity contribution in [3.8, 4) is 0 Å². The summed E-state index contributed by atoms with van der Waals surface area (Å²) in [4.78, 5) is 0. The van der Waals surface area contributed by atoms with Crippen molar-refractivity contribution in [1.82, 2.24) is 0 Å². The van der Waals surface area contributed by atoms with Crippen LogP contribution in [0.1, 0.15) is 94.3 Å². The number of epoxide rings is 1. The van der Waals surface area contributed by atoms with Crippen LogP contribution >= 0.6 is 11.6 Å². The molecule has 0 radical (unpaired) electrons. The van der Waals surface area contributed by atoms with Crippen molar-refractivity contribution in [3.05, 3.63) is 46.3 Å². The van der Waals surface area contributed by atoms with Crippen LogP contribution in [-0.2, 0) is 4.74 Å². The predicted molar refractivity (Wildman–Crippen MR) is 114 cm³/mol. The molecule has 1 aromatic carbocycles. The van der Waals surface area contributed by atoms with Gasteiger partial charge in [-0.2, -0.15) is 0 Å². The molecule has 2 saturated carbocycles. The molecule has 1 saturated heterocycles. The van der Waals surface area contributed by atoms with E-state index in [1.54, 1.807) is 0 Å². The molecule has 0 aromatic heterocycles. The Kier molecular flexibility index (Phi) is 6.78. The third kappa shape index (κ3) is 4.65. The molecule has 1 unspecified atom stereocenters. The van der Waals surface area contributed by atoms with Gasteiger partial charge in [-0.15, -0.1) is 0 Å². The lowest BCUT2D eigenvalue weighted by Crippen LogP contribution is -2.25. The van der Waals surface area contributed by atoms with Gasteiger partial charge in [-0.05, 0) is 87.5 Å². The lowest BCUT2D eigenvalue weighted by atomic mass is 9.68. The zero-order valence-electron chi connectivity index (χ0n) is 17.1. The van der Waals surface area contributed by atoms with E-state index in [0.717, 1.165) is 36.2 Å². The standard InChI is InChI=1S/C25H34ClFO/c1-2-3-4-5-17-6-8-18(9-7-17)19-10-12-20(13-11-19)21-14-15-22(23-16-28-23)25(27)24(21)26/h2-3,14-15,17-20,23H,4-13,16H2,1H3/b3-2+. The molecule has 1 heterocycles. The molecule has 154 valence electrons. The fourth-order valence-electron chi connectivity index (χ4n) is 5.72. The van der Waals surface area contributed by atoms with Gasteiger partial charge in [0.15, 0.2) is 0 Å². The average Bonchev–Trinajstić information content (AvgIpc) is 3.56. The van der Waals surface area contributed by atoms with Crippen molar-refractivity contribution in [2.75, 3.05) is 6.61 Å². The molecule has 0 bridgehead atoms. The van der Waals surface area contributed by atoms with Crippen LogP contribution in [0, 0.1) is 23.6 Å². The summed E-state index contributed by atoms with van der Waals surface area (Å²) < 4.78 is 19.8. The fourth-order valence-corrected chi connectivity index (χ4v) is 6.05. The van der Waals surface area contributed by atoms with Gasteiger partial charge in [0.1, 0.15) is 11.9 Å². The molecule has 1 aromatic rings. The quantitative estimate of drug-likeness (QED) is 0.345. The number of ether oxygens (including phenoxy) is 1. The van der Waals surface area contributed by atoms with Gasteiger partial charge in [0.05, 0.1) is 11.6 Å². The van der Waals surface area contributed by atoms with E-state index in [0.29, 0.717) is 23.1 Å². The number of allylic oxidation sites excluding steroid dienone is 2. The minimum atomic E-state index is -0.250. The summed E-state index contributed by atoms with van der Waals surface area (Å²) in [7, 11) is 0. The molecule has 4 rings (SSSR count). The van der Waals surface area contributed by atoms with Gasteiger partial charge in [0.25, 0.3) is 0 Å². The summed E-state index contributed by atoms with van der Waals surface area (Å²) in [5.41, 5.74) is 1.66. The molecular weight excluding hydrogens is 371 g/mol. The zero-order valence-corrected chi connectivity index (χ0v) is 17.9. The number of benzene rings is 1. The number of hydrogen-bond donors (Lipinski definition) is 0. The van der Waals surface area contributed by atoms with Crippen LogP contribution in [0.25, 0.3) is 0 Å². The minimum absolute atomic E-state index is 0.0737. The minimum Gasteiger partial charge on any atom is -0.368 e. The van der Waals surface area contributed by atoms with Crippen LogP contribution in [-0.4, -0.2) is 6.61 Å². The topological polar surface area (TPSA) is 12.5 Å². The van der Waals surface area contributed by atoms with E-state index < -0.39 is 0 Å². The molecule has 0 N–H and O–H groups in total. The molecule has 3 aliphatic rings. The number of halogens is 2. The van der Waals surface area contributed by atoms with Crippen LogP contribution in [0.2, 0.25) is 5.02 Å². The molecule has 3 heteroatoms. The molecule has 0 amide bonds. The second kappa shape index (κ2) is 9.30. The summed E-state index contributed by atoms with van der Waals surface area (Å²) in [5, 5.41) is 0.345. The van der Waals surface area contributed by atoms with E-state index in [1.165, 1.54) is 51.4 Å². The van der Waals surface area contributed by atoms with Gasteiger partial charge < -0.3 is 4.74 Å². The summed E-state index contributed by atoms with van der Waals surface area (Å²) in [6.07, 6.45) is 17.6. The highest BCUT2D eigenvalue weighted by Crippen LogP contribution is 2.46. The lowest BCUT2D eigenvalue weighted by Gasteiger charge is -2.38. The summed E-state index contributed by atoms with van der Waals surface area (Å²) in [5.74, 6) is 2.90. The Labute approximate surface area is 174 Å². The molecule has 0 spiro atoms. The molecule has 1 nitrogen and oxygen atoms in total. The molecule has 28 heavy (non-hydrogen) atoms. The molecule has 3 fully saturated rings. The maximum Gasteiger partial charge on any atom is 0.147 e. The molecule has 1 aliphatic heterocycles. The summed E-state index contributed by atoms with van der Waals surface area (Å²) >= 11 is 6.42. The second-order valence-electron chi connectivity index (χ2n) is 9.23. The maximum atomic E-state index is 14.6. The predicted octanol–water partition coefficient (Wildman–Crippen LogP) is 7.99. The first kappa shape index (κ1) is 20.4. The van der Waals surface area contributed by atoms with Crippen molar-refractivity contribution < 1.29 is 9.13 Å². The molecule has 2 aliphatic carbocycles. The molecular formula is C25H34ClFO. The highest BCUT2D eigenvalue weighted by atomic mass is 35.5. The smallest absolute Gasteiger partial charge is 0.147 e. The van der Waals surface area contributed by atoms with Crippen molar-refractivity contribution in [2.24, 2.45) is 17.8 Å². The van der Waals surface area contributed by atoms with E-state index in [4.69, 9.17) is 16.3 Å². The Morgan fingerprint density at radius 1 is 1.00 bits per heavy atom. The first-order valence-electron chi connectivity index (χ1n) is 11.4. The highest BCUT2D eigenvalue weighted by Gasteiger charge is 2.34. The Balaban J connectivity index is 1.28. The Morgan fingerprint density at radius 3 is 2.21 bits per heavy atom. The Hall–Kier alpha value is -0.860.